The van der Waals surface area contributed by atoms with E-state index >= 15 is 0 Å². The molecule has 7 nitrogen and oxygen atoms in total. The van der Waals surface area contributed by atoms with Crippen molar-refractivity contribution < 1.29 is 14.7 Å². The van der Waals surface area contributed by atoms with Crippen molar-refractivity contribution in [3.05, 3.63) is 29.6 Å². The van der Waals surface area contributed by atoms with Crippen LogP contribution in [-0.4, -0.2) is 60.4 Å². The molecular weight excluding hydrogens is 260 g/mol. The van der Waals surface area contributed by atoms with Crippen LogP contribution in [0.15, 0.2) is 23.5 Å². The molecule has 20 heavy (non-hydrogen) atoms. The summed E-state index contributed by atoms with van der Waals surface area (Å²) in [4.78, 5) is 6.37. The summed E-state index contributed by atoms with van der Waals surface area (Å²) in [6, 6.07) is 3.75. The van der Waals surface area contributed by atoms with Gasteiger partial charge in [0.25, 0.3) is 0 Å². The van der Waals surface area contributed by atoms with Crippen LogP contribution in [0.1, 0.15) is 11.3 Å². The molecule has 2 heterocycles. The van der Waals surface area contributed by atoms with Crippen LogP contribution < -0.4 is 5.73 Å². The smallest absolute Gasteiger partial charge is 0.189 e. The van der Waals surface area contributed by atoms with Crippen molar-refractivity contribution in [2.45, 2.75) is 18.8 Å². The summed E-state index contributed by atoms with van der Waals surface area (Å²) >= 11 is 0. The first-order valence-corrected chi connectivity index (χ1v) is 6.39. The first kappa shape index (κ1) is 14.7. The van der Waals surface area contributed by atoms with Crippen LogP contribution in [0.3, 0.4) is 0 Å². The van der Waals surface area contributed by atoms with Crippen LogP contribution in [0.2, 0.25) is 0 Å². The summed E-state index contributed by atoms with van der Waals surface area (Å²) in [6.07, 6.45) is 1.74. The third-order valence-corrected chi connectivity index (χ3v) is 3.53. The van der Waals surface area contributed by atoms with E-state index in [4.69, 9.17) is 20.4 Å². The lowest BCUT2D eigenvalue weighted by atomic mass is 10.1. The normalized spacial score (nSPS) is 24.2. The summed E-state index contributed by atoms with van der Waals surface area (Å²) in [5.74, 6) is 0.0198. The molecule has 7 heteroatoms. The molecule has 3 N–H and O–H groups in total. The van der Waals surface area contributed by atoms with Gasteiger partial charge in [-0.2, -0.15) is 0 Å². The highest BCUT2D eigenvalue weighted by Gasteiger charge is 2.33. The molecule has 0 saturated carbocycles. The van der Waals surface area contributed by atoms with E-state index in [1.165, 1.54) is 0 Å². The molecule has 1 aliphatic rings. The number of hydrogen-bond donors (Lipinski definition) is 2. The van der Waals surface area contributed by atoms with E-state index in [-0.39, 0.29) is 18.0 Å². The topological polar surface area (TPSA) is 93.2 Å². The average molecular weight is 280 g/mol. The quantitative estimate of drug-likeness (QED) is 0.342. The van der Waals surface area contributed by atoms with Gasteiger partial charge >= 0.3 is 0 Å². The van der Waals surface area contributed by atoms with E-state index in [2.05, 4.69) is 15.0 Å². The second-order valence-corrected chi connectivity index (χ2v) is 4.74. The lowest BCUT2D eigenvalue weighted by Crippen LogP contribution is -2.27. The molecule has 0 amide bonds. The van der Waals surface area contributed by atoms with Gasteiger partial charge in [0.15, 0.2) is 5.84 Å². The van der Waals surface area contributed by atoms with Crippen molar-refractivity contribution >= 4 is 5.84 Å². The molecule has 0 spiro atoms. The minimum atomic E-state index is 0.0198. The van der Waals surface area contributed by atoms with Crippen molar-refractivity contribution in [3.8, 4) is 0 Å². The minimum Gasteiger partial charge on any atom is -0.409 e. The number of hydrogen-bond acceptors (Lipinski definition) is 6. The van der Waals surface area contributed by atoms with Crippen LogP contribution in [0.25, 0.3) is 0 Å². The zero-order chi connectivity index (χ0) is 14.5. The molecule has 110 valence electrons. The number of nitrogens with two attached hydrogens (primary N) is 1. The Balaban J connectivity index is 2.12. The number of oxime groups is 1. The maximum absolute atomic E-state index is 8.80. The monoisotopic (exact) mass is 280 g/mol. The molecule has 1 aliphatic heterocycles. The highest BCUT2D eigenvalue weighted by molar-refractivity contribution is 5.96. The highest BCUT2D eigenvalue weighted by Crippen LogP contribution is 2.19. The van der Waals surface area contributed by atoms with Gasteiger partial charge in [-0.05, 0) is 11.6 Å². The summed E-state index contributed by atoms with van der Waals surface area (Å²) < 4.78 is 10.8. The Morgan fingerprint density at radius 3 is 2.65 bits per heavy atom. The van der Waals surface area contributed by atoms with E-state index in [0.29, 0.717) is 12.2 Å². The Morgan fingerprint density at radius 2 is 2.10 bits per heavy atom. The largest absolute Gasteiger partial charge is 0.409 e. The molecule has 2 atom stereocenters. The Kier molecular flexibility index (Phi) is 4.89. The zero-order valence-corrected chi connectivity index (χ0v) is 11.7. The summed E-state index contributed by atoms with van der Waals surface area (Å²) in [5.41, 5.74) is 7.06. The minimum absolute atomic E-state index is 0.0198. The predicted molar refractivity (Wildman–Crippen MR) is 73.6 cm³/mol. The van der Waals surface area contributed by atoms with E-state index in [1.807, 2.05) is 12.1 Å². The molecule has 2 rings (SSSR count). The van der Waals surface area contributed by atoms with Crippen LogP contribution >= 0.6 is 0 Å². The third kappa shape index (κ3) is 3.06. The molecule has 2 unspecified atom stereocenters. The van der Waals surface area contributed by atoms with Gasteiger partial charge < -0.3 is 20.4 Å². The molecule has 1 fully saturated rings. The molecule has 1 saturated heterocycles. The fraction of sp³-hybridized carbons (Fsp3) is 0.538. The fourth-order valence-corrected chi connectivity index (χ4v) is 2.49. The van der Waals surface area contributed by atoms with Crippen LogP contribution in [-0.2, 0) is 16.0 Å². The Hall–Kier alpha value is -1.70. The van der Waals surface area contributed by atoms with Crippen LogP contribution in [0, 0.1) is 0 Å². The standard InChI is InChI=1S/C13H20N4O3/c1-19-10-7-17(8-11(10)20-2)6-9-4-3-5-15-12(9)13(14)16-18/h3-5,10-11,18H,6-8H2,1-2H3,(H2,14,16). The molecule has 0 radical (unpaired) electrons. The van der Waals surface area contributed by atoms with Gasteiger partial charge in [-0.15, -0.1) is 0 Å². The predicted octanol–water partition coefficient (Wildman–Crippen LogP) is 0.0217. The van der Waals surface area contributed by atoms with E-state index < -0.39 is 0 Å². The maximum atomic E-state index is 8.80. The highest BCUT2D eigenvalue weighted by atomic mass is 16.5. The molecule has 0 bridgehead atoms. The summed E-state index contributed by atoms with van der Waals surface area (Å²) in [6.45, 7) is 2.21. The molecule has 0 aliphatic carbocycles. The summed E-state index contributed by atoms with van der Waals surface area (Å²) in [7, 11) is 3.37. The first-order valence-electron chi connectivity index (χ1n) is 6.39. The number of aromatic nitrogens is 1. The van der Waals surface area contributed by atoms with Crippen LogP contribution in [0.5, 0.6) is 0 Å². The van der Waals surface area contributed by atoms with Crippen molar-refractivity contribution in [3.63, 3.8) is 0 Å². The molecule has 1 aromatic heterocycles. The number of nitrogens with zero attached hydrogens (tertiary/aromatic N) is 3. The van der Waals surface area contributed by atoms with Crippen molar-refractivity contribution in [1.29, 1.82) is 0 Å². The van der Waals surface area contributed by atoms with Gasteiger partial charge in [0.05, 0.1) is 12.2 Å². The van der Waals surface area contributed by atoms with Gasteiger partial charge in [0.1, 0.15) is 5.69 Å². The Morgan fingerprint density at radius 1 is 1.45 bits per heavy atom. The van der Waals surface area contributed by atoms with Gasteiger partial charge in [0.2, 0.25) is 0 Å². The number of amidine groups is 1. The number of ether oxygens (including phenoxy) is 2. The second-order valence-electron chi connectivity index (χ2n) is 4.74. The van der Waals surface area contributed by atoms with E-state index in [9.17, 15) is 0 Å². The van der Waals surface area contributed by atoms with Crippen molar-refractivity contribution in [1.82, 2.24) is 9.88 Å². The Labute approximate surface area is 118 Å². The fourth-order valence-electron chi connectivity index (χ4n) is 2.49. The third-order valence-electron chi connectivity index (χ3n) is 3.53. The lowest BCUT2D eigenvalue weighted by molar-refractivity contribution is -0.00461. The maximum Gasteiger partial charge on any atom is 0.189 e. The molecular formula is C13H20N4O3. The number of rotatable bonds is 5. The Bertz CT molecular complexity index is 468. The van der Waals surface area contributed by atoms with Crippen molar-refractivity contribution in [2.24, 2.45) is 10.9 Å². The number of likely N-dealkylation sites (tertiary alicyclic amines) is 1. The van der Waals surface area contributed by atoms with Gasteiger partial charge in [-0.25, -0.2) is 0 Å². The zero-order valence-electron chi connectivity index (χ0n) is 11.7. The average Bonchev–Trinajstić information content (AvgIpc) is 2.89. The lowest BCUT2D eigenvalue weighted by Gasteiger charge is -2.16. The van der Waals surface area contributed by atoms with Gasteiger partial charge in [-0.3, -0.25) is 9.88 Å². The van der Waals surface area contributed by atoms with Crippen LogP contribution in [0.4, 0.5) is 0 Å². The number of pyridine rings is 1. The van der Waals surface area contributed by atoms with E-state index in [0.717, 1.165) is 18.7 Å². The summed E-state index contributed by atoms with van der Waals surface area (Å²) in [5, 5.41) is 11.8. The second kappa shape index (κ2) is 6.65. The van der Waals surface area contributed by atoms with Gasteiger partial charge in [0, 0.05) is 40.1 Å². The van der Waals surface area contributed by atoms with Gasteiger partial charge in [-0.1, -0.05) is 11.2 Å². The molecule has 0 aromatic carbocycles. The first-order chi connectivity index (χ1) is 9.69. The van der Waals surface area contributed by atoms with Crippen molar-refractivity contribution in [2.75, 3.05) is 27.3 Å². The number of methoxy groups -OCH3 is 2. The SMILES string of the molecule is COC1CN(Cc2cccnc2/C(N)=N/O)CC1OC. The van der Waals surface area contributed by atoms with E-state index in [1.54, 1.807) is 20.4 Å². The molecule has 1 aromatic rings.